The van der Waals surface area contributed by atoms with E-state index in [-0.39, 0.29) is 22.9 Å². The third-order valence-corrected chi connectivity index (χ3v) is 3.13. The number of hydrogen-bond acceptors (Lipinski definition) is 2. The molecule has 2 nitrogen and oxygen atoms in total. The van der Waals surface area contributed by atoms with E-state index in [4.69, 9.17) is 0 Å². The topological polar surface area (TPSA) is 40.1 Å². The molecular formula is C14H15O2-. The van der Waals surface area contributed by atoms with Crippen LogP contribution in [0.4, 0.5) is 0 Å². The number of carbonyl (C=O) groups is 1. The van der Waals surface area contributed by atoms with Crippen molar-refractivity contribution < 1.29 is 9.90 Å². The van der Waals surface area contributed by atoms with Crippen LogP contribution >= 0.6 is 0 Å². The molecule has 1 aromatic carbocycles. The molecule has 0 fully saturated rings. The lowest BCUT2D eigenvalue weighted by atomic mass is 9.68. The van der Waals surface area contributed by atoms with E-state index in [1.807, 2.05) is 44.2 Å². The highest BCUT2D eigenvalue weighted by molar-refractivity contribution is 5.92. The van der Waals surface area contributed by atoms with Gasteiger partial charge in [0.1, 0.15) is 0 Å². The summed E-state index contributed by atoms with van der Waals surface area (Å²) >= 11 is 0. The molecule has 16 heavy (non-hydrogen) atoms. The van der Waals surface area contributed by atoms with Crippen molar-refractivity contribution in [2.24, 2.45) is 5.41 Å². The van der Waals surface area contributed by atoms with E-state index in [1.54, 1.807) is 0 Å². The molecule has 1 unspecified atom stereocenters. The van der Waals surface area contributed by atoms with Crippen LogP contribution in [0.5, 0.6) is 0 Å². The van der Waals surface area contributed by atoms with E-state index in [9.17, 15) is 9.90 Å². The van der Waals surface area contributed by atoms with Gasteiger partial charge in [0.15, 0.2) is 5.78 Å². The van der Waals surface area contributed by atoms with Gasteiger partial charge < -0.3 is 5.11 Å². The van der Waals surface area contributed by atoms with Gasteiger partial charge in [-0.1, -0.05) is 44.2 Å². The zero-order valence-electron chi connectivity index (χ0n) is 9.57. The highest BCUT2D eigenvalue weighted by atomic mass is 16.3. The standard InChI is InChI=1S/C14H16O2/c1-14(2)9-11(15)8-12(16)13(14)10-6-4-3-5-7-10/h3-8,13,16H,9H2,1-2H3/p-1. The monoisotopic (exact) mass is 215 g/mol. The van der Waals surface area contributed by atoms with Crippen LogP contribution in [0, 0.1) is 5.41 Å². The predicted molar refractivity (Wildman–Crippen MR) is 60.7 cm³/mol. The molecule has 1 atom stereocenters. The summed E-state index contributed by atoms with van der Waals surface area (Å²) in [4.78, 5) is 11.4. The Hall–Kier alpha value is -1.57. The van der Waals surface area contributed by atoms with E-state index in [0.29, 0.717) is 6.42 Å². The van der Waals surface area contributed by atoms with Crippen molar-refractivity contribution >= 4 is 5.78 Å². The van der Waals surface area contributed by atoms with Crippen molar-refractivity contribution in [2.75, 3.05) is 0 Å². The molecule has 1 aliphatic carbocycles. The molecule has 2 heteroatoms. The number of allylic oxidation sites excluding steroid dienone is 2. The first kappa shape index (κ1) is 10.9. The van der Waals surface area contributed by atoms with Crippen LogP contribution in [-0.2, 0) is 4.79 Å². The fourth-order valence-corrected chi connectivity index (χ4v) is 2.49. The molecule has 0 spiro atoms. The van der Waals surface area contributed by atoms with Crippen LogP contribution in [0.3, 0.4) is 0 Å². The average molecular weight is 215 g/mol. The van der Waals surface area contributed by atoms with Crippen molar-refractivity contribution in [3.05, 3.63) is 47.7 Å². The van der Waals surface area contributed by atoms with Gasteiger partial charge in [0, 0.05) is 12.3 Å². The molecular weight excluding hydrogens is 200 g/mol. The largest absolute Gasteiger partial charge is 0.875 e. The molecule has 1 aromatic rings. The minimum Gasteiger partial charge on any atom is -0.875 e. The van der Waals surface area contributed by atoms with Crippen molar-refractivity contribution in [2.45, 2.75) is 26.2 Å². The summed E-state index contributed by atoms with van der Waals surface area (Å²) in [5, 5.41) is 11.9. The lowest BCUT2D eigenvalue weighted by molar-refractivity contribution is -0.315. The summed E-state index contributed by atoms with van der Waals surface area (Å²) in [5.74, 6) is -0.305. The maximum absolute atomic E-state index is 11.9. The van der Waals surface area contributed by atoms with Crippen molar-refractivity contribution in [3.63, 3.8) is 0 Å². The second-order valence-corrected chi connectivity index (χ2v) is 5.02. The summed E-state index contributed by atoms with van der Waals surface area (Å²) < 4.78 is 0. The summed E-state index contributed by atoms with van der Waals surface area (Å²) in [7, 11) is 0. The van der Waals surface area contributed by atoms with Crippen LogP contribution in [0.25, 0.3) is 0 Å². The Morgan fingerprint density at radius 3 is 2.44 bits per heavy atom. The first-order valence-corrected chi connectivity index (χ1v) is 5.47. The SMILES string of the molecule is CC1(C)CC(=O)C=C([O-])C1c1ccccc1. The van der Waals surface area contributed by atoms with E-state index >= 15 is 0 Å². The van der Waals surface area contributed by atoms with Gasteiger partial charge in [0.05, 0.1) is 0 Å². The third-order valence-electron chi connectivity index (χ3n) is 3.13. The quantitative estimate of drug-likeness (QED) is 0.719. The molecule has 0 N–H and O–H groups in total. The van der Waals surface area contributed by atoms with Crippen molar-refractivity contribution in [1.82, 2.24) is 0 Å². The predicted octanol–water partition coefficient (Wildman–Crippen LogP) is 2.01. The Kier molecular flexibility index (Phi) is 2.58. The fourth-order valence-electron chi connectivity index (χ4n) is 2.49. The molecule has 0 aromatic heterocycles. The normalized spacial score (nSPS) is 24.0. The highest BCUT2D eigenvalue weighted by Crippen LogP contribution is 2.44. The van der Waals surface area contributed by atoms with E-state index in [2.05, 4.69) is 0 Å². The number of benzene rings is 1. The highest BCUT2D eigenvalue weighted by Gasteiger charge is 2.35. The maximum atomic E-state index is 11.9. The minimum absolute atomic E-state index is 0.0535. The Bertz CT molecular complexity index is 429. The van der Waals surface area contributed by atoms with Crippen molar-refractivity contribution in [1.29, 1.82) is 0 Å². The van der Waals surface area contributed by atoms with Crippen LogP contribution in [0.2, 0.25) is 0 Å². The molecule has 0 saturated carbocycles. The first-order chi connectivity index (χ1) is 7.50. The van der Waals surface area contributed by atoms with E-state index < -0.39 is 0 Å². The molecule has 0 aliphatic heterocycles. The second kappa shape index (κ2) is 3.78. The third kappa shape index (κ3) is 1.87. The maximum Gasteiger partial charge on any atom is 0.155 e. The summed E-state index contributed by atoms with van der Waals surface area (Å²) in [6.07, 6.45) is 1.70. The first-order valence-electron chi connectivity index (χ1n) is 5.47. The summed E-state index contributed by atoms with van der Waals surface area (Å²) in [6.45, 7) is 3.96. The van der Waals surface area contributed by atoms with Gasteiger partial charge in [-0.3, -0.25) is 4.79 Å². The van der Waals surface area contributed by atoms with Gasteiger partial charge in [-0.15, -0.1) is 5.76 Å². The lowest BCUT2D eigenvalue weighted by Gasteiger charge is -2.41. The number of hydrogen-bond donors (Lipinski definition) is 0. The Morgan fingerprint density at radius 2 is 1.88 bits per heavy atom. The number of rotatable bonds is 1. The smallest absolute Gasteiger partial charge is 0.155 e. The van der Waals surface area contributed by atoms with Crippen molar-refractivity contribution in [3.8, 4) is 0 Å². The molecule has 0 radical (unpaired) electrons. The van der Waals surface area contributed by atoms with E-state index in [0.717, 1.165) is 5.56 Å². The Balaban J connectivity index is 2.46. The minimum atomic E-state index is -0.287. The fraction of sp³-hybridized carbons (Fsp3) is 0.357. The van der Waals surface area contributed by atoms with Gasteiger partial charge in [0.25, 0.3) is 0 Å². The van der Waals surface area contributed by atoms with E-state index in [1.165, 1.54) is 6.08 Å². The summed E-state index contributed by atoms with van der Waals surface area (Å²) in [5.41, 5.74) is 0.714. The Morgan fingerprint density at radius 1 is 1.25 bits per heavy atom. The molecule has 1 aliphatic rings. The molecule has 0 heterocycles. The lowest BCUT2D eigenvalue weighted by Crippen LogP contribution is -2.34. The van der Waals surface area contributed by atoms with Crippen LogP contribution in [0.15, 0.2) is 42.2 Å². The average Bonchev–Trinajstić information content (AvgIpc) is 2.15. The van der Waals surface area contributed by atoms with Gasteiger partial charge >= 0.3 is 0 Å². The van der Waals surface area contributed by atoms with Crippen LogP contribution in [0.1, 0.15) is 31.7 Å². The molecule has 0 amide bonds. The van der Waals surface area contributed by atoms with Gasteiger partial charge in [0.2, 0.25) is 0 Å². The van der Waals surface area contributed by atoms with Crippen LogP contribution < -0.4 is 5.11 Å². The molecule has 0 saturated heterocycles. The molecule has 2 rings (SSSR count). The summed E-state index contributed by atoms with van der Waals surface area (Å²) in [6, 6.07) is 9.69. The second-order valence-electron chi connectivity index (χ2n) is 5.02. The van der Waals surface area contributed by atoms with Crippen LogP contribution in [-0.4, -0.2) is 5.78 Å². The van der Waals surface area contributed by atoms with Gasteiger partial charge in [-0.05, 0) is 17.1 Å². The number of carbonyl (C=O) groups excluding carboxylic acids is 1. The zero-order chi connectivity index (χ0) is 11.8. The zero-order valence-corrected chi connectivity index (χ0v) is 9.57. The Labute approximate surface area is 95.6 Å². The van der Waals surface area contributed by atoms with Gasteiger partial charge in [-0.25, -0.2) is 0 Å². The van der Waals surface area contributed by atoms with Gasteiger partial charge in [-0.2, -0.15) is 0 Å². The molecule has 84 valence electrons. The number of ketones is 1. The molecule has 0 bridgehead atoms.